The Kier molecular flexibility index (Phi) is 6.36. The first-order valence-electron chi connectivity index (χ1n) is 9.66. The van der Waals surface area contributed by atoms with Crippen LogP contribution in [0.5, 0.6) is 0 Å². The lowest BCUT2D eigenvalue weighted by molar-refractivity contribution is 0.0240. The van der Waals surface area contributed by atoms with E-state index in [1.807, 2.05) is 25.7 Å². The van der Waals surface area contributed by atoms with Crippen molar-refractivity contribution < 1.29 is 9.53 Å². The van der Waals surface area contributed by atoms with E-state index < -0.39 is 5.60 Å². The van der Waals surface area contributed by atoms with Gasteiger partial charge in [-0.2, -0.15) is 0 Å². The molecule has 0 unspecified atom stereocenters. The van der Waals surface area contributed by atoms with Crippen molar-refractivity contribution in [2.24, 2.45) is 0 Å². The Morgan fingerprint density at radius 2 is 1.48 bits per heavy atom. The Hall–Kier alpha value is -1.71. The fourth-order valence-electron chi connectivity index (χ4n) is 3.42. The van der Waals surface area contributed by atoms with E-state index in [0.717, 1.165) is 45.4 Å². The number of piperazine rings is 1. The number of nitrogens with zero attached hydrogens (tertiary/aromatic N) is 2. The van der Waals surface area contributed by atoms with Gasteiger partial charge < -0.3 is 14.5 Å². The maximum atomic E-state index is 12.3. The van der Waals surface area contributed by atoms with Gasteiger partial charge in [-0.25, -0.2) is 4.79 Å². The molecule has 1 aliphatic heterocycles. The third kappa shape index (κ3) is 4.90. The van der Waals surface area contributed by atoms with E-state index >= 15 is 0 Å². The average molecular weight is 347 g/mol. The summed E-state index contributed by atoms with van der Waals surface area (Å²) in [4.78, 5) is 16.6. The van der Waals surface area contributed by atoms with Crippen LogP contribution in [0, 0.1) is 0 Å². The van der Waals surface area contributed by atoms with Crippen molar-refractivity contribution in [2.75, 3.05) is 31.1 Å². The lowest BCUT2D eigenvalue weighted by Crippen LogP contribution is -2.50. The molecule has 25 heavy (non-hydrogen) atoms. The van der Waals surface area contributed by atoms with Crippen LogP contribution in [0.2, 0.25) is 0 Å². The van der Waals surface area contributed by atoms with Gasteiger partial charge in [-0.15, -0.1) is 0 Å². The molecule has 0 saturated carbocycles. The summed E-state index contributed by atoms with van der Waals surface area (Å²) in [5, 5.41) is 0. The van der Waals surface area contributed by atoms with E-state index in [4.69, 9.17) is 4.74 Å². The zero-order valence-corrected chi connectivity index (χ0v) is 16.8. The molecule has 0 N–H and O–H groups in total. The first-order chi connectivity index (χ1) is 11.8. The summed E-state index contributed by atoms with van der Waals surface area (Å²) in [6, 6.07) is 4.71. The normalized spacial score (nSPS) is 15.4. The molecule has 0 aliphatic carbocycles. The Balaban J connectivity index is 2.14. The van der Waals surface area contributed by atoms with Gasteiger partial charge in [-0.3, -0.25) is 0 Å². The molecule has 1 aliphatic rings. The molecule has 0 aromatic heterocycles. The van der Waals surface area contributed by atoms with E-state index in [1.54, 1.807) is 0 Å². The van der Waals surface area contributed by atoms with Crippen LogP contribution < -0.4 is 4.90 Å². The largest absolute Gasteiger partial charge is 0.444 e. The van der Waals surface area contributed by atoms with Crippen LogP contribution in [0.3, 0.4) is 0 Å². The Labute approximate surface area is 153 Å². The van der Waals surface area contributed by atoms with Crippen LogP contribution in [0.1, 0.15) is 58.2 Å². The average Bonchev–Trinajstić information content (AvgIpc) is 2.59. The van der Waals surface area contributed by atoms with E-state index in [0.29, 0.717) is 0 Å². The second-order valence-electron chi connectivity index (χ2n) is 7.78. The van der Waals surface area contributed by atoms with Gasteiger partial charge in [0.15, 0.2) is 0 Å². The number of rotatable bonds is 4. The van der Waals surface area contributed by atoms with Crippen LogP contribution >= 0.6 is 0 Å². The zero-order valence-electron chi connectivity index (χ0n) is 16.8. The fourth-order valence-corrected chi connectivity index (χ4v) is 3.42. The van der Waals surface area contributed by atoms with Crippen molar-refractivity contribution >= 4 is 11.8 Å². The number of hydrogen-bond acceptors (Lipinski definition) is 3. The SMILES string of the molecule is CCc1cc(CC)c(N2CCN(C(=O)OC(C)(C)C)CC2)c(CC)c1. The van der Waals surface area contributed by atoms with Gasteiger partial charge in [-0.1, -0.05) is 32.9 Å². The number of aryl methyl sites for hydroxylation is 3. The first-order valence-corrected chi connectivity index (χ1v) is 9.66. The standard InChI is InChI=1S/C21H34N2O2/c1-7-16-14-17(8-2)19(18(9-3)15-16)22-10-12-23(13-11-22)20(24)25-21(4,5)6/h14-15H,7-13H2,1-6H3. The van der Waals surface area contributed by atoms with Crippen molar-refractivity contribution in [3.05, 3.63) is 28.8 Å². The molecular weight excluding hydrogens is 312 g/mol. The molecular formula is C21H34N2O2. The van der Waals surface area contributed by atoms with Crippen molar-refractivity contribution in [3.63, 3.8) is 0 Å². The van der Waals surface area contributed by atoms with Crippen LogP contribution in [0.25, 0.3) is 0 Å². The summed E-state index contributed by atoms with van der Waals surface area (Å²) in [5.74, 6) is 0. The number of benzene rings is 1. The van der Waals surface area contributed by atoms with Gasteiger partial charge in [0, 0.05) is 31.9 Å². The van der Waals surface area contributed by atoms with Crippen molar-refractivity contribution in [2.45, 2.75) is 66.4 Å². The molecule has 1 saturated heterocycles. The van der Waals surface area contributed by atoms with E-state index in [-0.39, 0.29) is 6.09 Å². The Morgan fingerprint density at radius 1 is 0.960 bits per heavy atom. The van der Waals surface area contributed by atoms with Gasteiger partial charge in [0.25, 0.3) is 0 Å². The van der Waals surface area contributed by atoms with E-state index in [9.17, 15) is 4.79 Å². The fraction of sp³-hybridized carbons (Fsp3) is 0.667. The molecule has 1 fully saturated rings. The predicted octanol–water partition coefficient (Wildman–Crippen LogP) is 4.43. The van der Waals surface area contributed by atoms with E-state index in [1.165, 1.54) is 22.4 Å². The maximum absolute atomic E-state index is 12.3. The summed E-state index contributed by atoms with van der Waals surface area (Å²) < 4.78 is 5.51. The minimum Gasteiger partial charge on any atom is -0.444 e. The van der Waals surface area contributed by atoms with Crippen molar-refractivity contribution in [1.29, 1.82) is 0 Å². The molecule has 2 rings (SSSR count). The highest BCUT2D eigenvalue weighted by atomic mass is 16.6. The minimum atomic E-state index is -0.436. The second-order valence-corrected chi connectivity index (χ2v) is 7.78. The molecule has 1 amide bonds. The summed E-state index contributed by atoms with van der Waals surface area (Å²) >= 11 is 0. The number of amides is 1. The van der Waals surface area contributed by atoms with Gasteiger partial charge in [-0.05, 0) is 56.7 Å². The summed E-state index contributed by atoms with van der Waals surface area (Å²) in [7, 11) is 0. The Morgan fingerprint density at radius 3 is 1.88 bits per heavy atom. The smallest absolute Gasteiger partial charge is 0.410 e. The molecule has 1 aromatic rings. The Bertz CT molecular complexity index is 571. The zero-order chi connectivity index (χ0) is 18.6. The predicted molar refractivity (Wildman–Crippen MR) is 105 cm³/mol. The van der Waals surface area contributed by atoms with Crippen LogP contribution in [-0.2, 0) is 24.0 Å². The number of hydrogen-bond donors (Lipinski definition) is 0. The lowest BCUT2D eigenvalue weighted by Gasteiger charge is -2.38. The quantitative estimate of drug-likeness (QED) is 0.808. The van der Waals surface area contributed by atoms with Crippen molar-refractivity contribution in [3.8, 4) is 0 Å². The molecule has 0 spiro atoms. The molecule has 4 nitrogen and oxygen atoms in total. The molecule has 1 aromatic carbocycles. The topological polar surface area (TPSA) is 32.8 Å². The van der Waals surface area contributed by atoms with Crippen LogP contribution in [-0.4, -0.2) is 42.8 Å². The van der Waals surface area contributed by atoms with Gasteiger partial charge >= 0.3 is 6.09 Å². The molecule has 0 radical (unpaired) electrons. The van der Waals surface area contributed by atoms with Crippen molar-refractivity contribution in [1.82, 2.24) is 4.90 Å². The third-order valence-electron chi connectivity index (χ3n) is 4.75. The third-order valence-corrected chi connectivity index (χ3v) is 4.75. The highest BCUT2D eigenvalue weighted by molar-refractivity contribution is 5.69. The molecule has 0 atom stereocenters. The molecule has 0 bridgehead atoms. The first kappa shape index (κ1) is 19.6. The van der Waals surface area contributed by atoms with Gasteiger partial charge in [0.1, 0.15) is 5.60 Å². The summed E-state index contributed by atoms with van der Waals surface area (Å²) in [6.07, 6.45) is 2.97. The minimum absolute atomic E-state index is 0.195. The summed E-state index contributed by atoms with van der Waals surface area (Å²) in [6.45, 7) is 15.6. The second kappa shape index (κ2) is 8.11. The van der Waals surface area contributed by atoms with Gasteiger partial charge in [0.05, 0.1) is 0 Å². The number of carbonyl (C=O) groups is 1. The number of ether oxygens (including phenoxy) is 1. The van der Waals surface area contributed by atoms with Crippen LogP contribution in [0.4, 0.5) is 10.5 Å². The highest BCUT2D eigenvalue weighted by Crippen LogP contribution is 2.30. The molecule has 1 heterocycles. The summed E-state index contributed by atoms with van der Waals surface area (Å²) in [5.41, 5.74) is 5.24. The molecule has 4 heteroatoms. The monoisotopic (exact) mass is 346 g/mol. The number of carbonyl (C=O) groups excluding carboxylic acids is 1. The maximum Gasteiger partial charge on any atom is 0.410 e. The van der Waals surface area contributed by atoms with E-state index in [2.05, 4.69) is 37.8 Å². The molecule has 140 valence electrons. The van der Waals surface area contributed by atoms with Crippen LogP contribution in [0.15, 0.2) is 12.1 Å². The number of anilines is 1. The lowest BCUT2D eigenvalue weighted by atomic mass is 9.96. The highest BCUT2D eigenvalue weighted by Gasteiger charge is 2.27. The van der Waals surface area contributed by atoms with Gasteiger partial charge in [0.2, 0.25) is 0 Å².